The molecule has 2 aromatic carbocycles. The molecule has 0 aliphatic rings. The molecule has 0 saturated heterocycles. The Morgan fingerprint density at radius 1 is 1.11 bits per heavy atom. The summed E-state index contributed by atoms with van der Waals surface area (Å²) >= 11 is 0. The van der Waals surface area contributed by atoms with Gasteiger partial charge in [-0.15, -0.1) is 0 Å². The maximum absolute atomic E-state index is 12.0. The summed E-state index contributed by atoms with van der Waals surface area (Å²) in [5.74, 6) is 0.588. The van der Waals surface area contributed by atoms with Gasteiger partial charge in [-0.1, -0.05) is 18.2 Å². The van der Waals surface area contributed by atoms with Crippen molar-refractivity contribution in [3.8, 4) is 0 Å². The van der Waals surface area contributed by atoms with Crippen LogP contribution in [0.5, 0.6) is 0 Å². The Kier molecular flexibility index (Phi) is 5.57. The van der Waals surface area contributed by atoms with Gasteiger partial charge in [-0.25, -0.2) is 18.5 Å². The topological polar surface area (TPSA) is 115 Å². The Balaban J connectivity index is 1.45. The van der Waals surface area contributed by atoms with Gasteiger partial charge in [0.1, 0.15) is 5.52 Å². The van der Waals surface area contributed by atoms with Crippen LogP contribution in [0.15, 0.2) is 51.8 Å². The third-order valence-electron chi connectivity index (χ3n) is 4.19. The molecular weight excluding hydrogens is 366 g/mol. The van der Waals surface area contributed by atoms with Gasteiger partial charge < -0.3 is 9.73 Å². The average Bonchev–Trinajstić information content (AvgIpc) is 2.99. The molecule has 27 heavy (non-hydrogen) atoms. The highest BCUT2D eigenvalue weighted by Crippen LogP contribution is 2.17. The Labute approximate surface area is 157 Å². The number of fused-ring (bicyclic) bond motifs is 1. The van der Waals surface area contributed by atoms with Crippen LogP contribution in [-0.2, 0) is 27.7 Å². The number of rotatable bonds is 7. The Hall–Kier alpha value is -2.71. The predicted octanol–water partition coefficient (Wildman–Crippen LogP) is 2.08. The van der Waals surface area contributed by atoms with E-state index in [1.165, 1.54) is 12.1 Å². The molecule has 3 N–H and O–H groups in total. The SMILES string of the molecule is Cc1nc2cc(CCC(=O)NCCc3ccc(S(N)(=O)=O)cc3)ccc2o1. The first-order valence-electron chi connectivity index (χ1n) is 8.56. The van der Waals surface area contributed by atoms with E-state index in [2.05, 4.69) is 10.3 Å². The summed E-state index contributed by atoms with van der Waals surface area (Å²) < 4.78 is 27.9. The van der Waals surface area contributed by atoms with Crippen molar-refractivity contribution in [1.82, 2.24) is 10.3 Å². The van der Waals surface area contributed by atoms with Crippen molar-refractivity contribution in [2.75, 3.05) is 6.54 Å². The summed E-state index contributed by atoms with van der Waals surface area (Å²) in [7, 11) is -3.68. The Morgan fingerprint density at radius 3 is 2.52 bits per heavy atom. The Morgan fingerprint density at radius 2 is 1.81 bits per heavy atom. The zero-order chi connectivity index (χ0) is 19.4. The molecule has 1 amide bonds. The Bertz CT molecular complexity index is 1060. The number of hydrogen-bond donors (Lipinski definition) is 2. The predicted molar refractivity (Wildman–Crippen MR) is 102 cm³/mol. The first kappa shape index (κ1) is 19.1. The number of hydrogen-bond acceptors (Lipinski definition) is 5. The minimum Gasteiger partial charge on any atom is -0.441 e. The minimum atomic E-state index is -3.68. The fourth-order valence-electron chi connectivity index (χ4n) is 2.78. The summed E-state index contributed by atoms with van der Waals surface area (Å²) in [6.07, 6.45) is 1.62. The number of carbonyl (C=O) groups is 1. The zero-order valence-electron chi connectivity index (χ0n) is 14.9. The van der Waals surface area contributed by atoms with Gasteiger partial charge >= 0.3 is 0 Å². The summed E-state index contributed by atoms with van der Waals surface area (Å²) in [4.78, 5) is 16.4. The van der Waals surface area contributed by atoms with Gasteiger partial charge in [0, 0.05) is 19.9 Å². The molecule has 3 aromatic rings. The number of benzene rings is 2. The van der Waals surface area contributed by atoms with Crippen molar-refractivity contribution in [3.05, 3.63) is 59.5 Å². The van der Waals surface area contributed by atoms with Gasteiger partial charge in [-0.3, -0.25) is 4.79 Å². The average molecular weight is 387 g/mol. The molecule has 3 rings (SSSR count). The molecule has 1 aromatic heterocycles. The second-order valence-electron chi connectivity index (χ2n) is 6.32. The van der Waals surface area contributed by atoms with Crippen molar-refractivity contribution in [2.24, 2.45) is 5.14 Å². The summed E-state index contributed by atoms with van der Waals surface area (Å²) in [5, 5.41) is 7.94. The molecule has 0 aliphatic heterocycles. The molecule has 0 radical (unpaired) electrons. The molecule has 1 heterocycles. The van der Waals surface area contributed by atoms with Crippen LogP contribution >= 0.6 is 0 Å². The molecule has 0 saturated carbocycles. The maximum Gasteiger partial charge on any atom is 0.238 e. The van der Waals surface area contributed by atoms with E-state index in [0.717, 1.165) is 22.2 Å². The van der Waals surface area contributed by atoms with Crippen LogP contribution in [0, 0.1) is 6.92 Å². The van der Waals surface area contributed by atoms with E-state index < -0.39 is 10.0 Å². The number of carbonyl (C=O) groups excluding carboxylic acids is 1. The molecule has 0 aliphatic carbocycles. The van der Waals surface area contributed by atoms with Crippen LogP contribution in [0.25, 0.3) is 11.1 Å². The third-order valence-corrected chi connectivity index (χ3v) is 5.12. The number of sulfonamides is 1. The van der Waals surface area contributed by atoms with Crippen molar-refractivity contribution < 1.29 is 17.6 Å². The van der Waals surface area contributed by atoms with Gasteiger partial charge in [0.05, 0.1) is 4.90 Å². The molecule has 142 valence electrons. The number of aryl methyl sites for hydroxylation is 2. The number of nitrogens with one attached hydrogen (secondary N) is 1. The number of nitrogens with two attached hydrogens (primary N) is 1. The second kappa shape index (κ2) is 7.89. The first-order valence-corrected chi connectivity index (χ1v) is 10.1. The maximum atomic E-state index is 12.0. The quantitative estimate of drug-likeness (QED) is 0.644. The number of oxazole rings is 1. The lowest BCUT2D eigenvalue weighted by molar-refractivity contribution is -0.121. The zero-order valence-corrected chi connectivity index (χ0v) is 15.8. The highest BCUT2D eigenvalue weighted by Gasteiger charge is 2.08. The number of amides is 1. The van der Waals surface area contributed by atoms with E-state index in [0.29, 0.717) is 31.7 Å². The monoisotopic (exact) mass is 387 g/mol. The van der Waals surface area contributed by atoms with Gasteiger partial charge in [0.2, 0.25) is 15.9 Å². The van der Waals surface area contributed by atoms with Gasteiger partial charge in [-0.2, -0.15) is 0 Å². The van der Waals surface area contributed by atoms with Crippen LogP contribution in [0.1, 0.15) is 23.4 Å². The molecule has 0 atom stereocenters. The van der Waals surface area contributed by atoms with Crippen molar-refractivity contribution in [1.29, 1.82) is 0 Å². The summed E-state index contributed by atoms with van der Waals surface area (Å²) in [5.41, 5.74) is 3.50. The first-order chi connectivity index (χ1) is 12.8. The lowest BCUT2D eigenvalue weighted by Gasteiger charge is -2.06. The van der Waals surface area contributed by atoms with E-state index in [-0.39, 0.29) is 10.8 Å². The fourth-order valence-corrected chi connectivity index (χ4v) is 3.30. The van der Waals surface area contributed by atoms with E-state index >= 15 is 0 Å². The van der Waals surface area contributed by atoms with Crippen molar-refractivity contribution in [2.45, 2.75) is 31.1 Å². The van der Waals surface area contributed by atoms with Crippen LogP contribution in [0.2, 0.25) is 0 Å². The van der Waals surface area contributed by atoms with Gasteiger partial charge in [-0.05, 0) is 48.2 Å². The summed E-state index contributed by atoms with van der Waals surface area (Å²) in [6, 6.07) is 12.1. The van der Waals surface area contributed by atoms with Crippen LogP contribution in [-0.4, -0.2) is 25.9 Å². The molecular formula is C19H21N3O4S. The molecule has 8 heteroatoms. The number of nitrogens with zero attached hydrogens (tertiary/aromatic N) is 1. The molecule has 0 fully saturated rings. The lowest BCUT2D eigenvalue weighted by atomic mass is 10.1. The lowest BCUT2D eigenvalue weighted by Crippen LogP contribution is -2.25. The summed E-state index contributed by atoms with van der Waals surface area (Å²) in [6.45, 7) is 2.28. The second-order valence-corrected chi connectivity index (χ2v) is 7.89. The van der Waals surface area contributed by atoms with Crippen LogP contribution in [0.3, 0.4) is 0 Å². The van der Waals surface area contributed by atoms with Crippen LogP contribution < -0.4 is 10.5 Å². The molecule has 0 spiro atoms. The van der Waals surface area contributed by atoms with Gasteiger partial charge in [0.15, 0.2) is 11.5 Å². The van der Waals surface area contributed by atoms with E-state index in [4.69, 9.17) is 9.56 Å². The highest BCUT2D eigenvalue weighted by molar-refractivity contribution is 7.89. The van der Waals surface area contributed by atoms with Crippen molar-refractivity contribution in [3.63, 3.8) is 0 Å². The van der Waals surface area contributed by atoms with Crippen LogP contribution in [0.4, 0.5) is 0 Å². The van der Waals surface area contributed by atoms with E-state index in [1.54, 1.807) is 19.1 Å². The highest BCUT2D eigenvalue weighted by atomic mass is 32.2. The molecule has 0 unspecified atom stereocenters. The third kappa shape index (κ3) is 5.15. The molecule has 0 bridgehead atoms. The van der Waals surface area contributed by atoms with Crippen molar-refractivity contribution >= 4 is 27.0 Å². The largest absolute Gasteiger partial charge is 0.441 e. The number of primary sulfonamides is 1. The van der Waals surface area contributed by atoms with E-state index in [1.807, 2.05) is 18.2 Å². The standard InChI is InChI=1S/C19H21N3O4S/c1-13-22-17-12-15(4-8-18(17)26-13)5-9-19(23)21-11-10-14-2-6-16(7-3-14)27(20,24)25/h2-4,6-8,12H,5,9-11H2,1H3,(H,21,23)(H2,20,24,25). The number of aromatic nitrogens is 1. The minimum absolute atomic E-state index is 0.0346. The van der Waals surface area contributed by atoms with E-state index in [9.17, 15) is 13.2 Å². The smallest absolute Gasteiger partial charge is 0.238 e. The fraction of sp³-hybridized carbons (Fsp3) is 0.263. The molecule has 7 nitrogen and oxygen atoms in total. The normalized spacial score (nSPS) is 11.6. The van der Waals surface area contributed by atoms with Gasteiger partial charge in [0.25, 0.3) is 0 Å².